The lowest BCUT2D eigenvalue weighted by atomic mass is 10.0. The molecule has 124 valence electrons. The Hall–Kier alpha value is -2.50. The number of para-hydroxylation sites is 1. The molecule has 1 unspecified atom stereocenters. The van der Waals surface area contributed by atoms with Crippen molar-refractivity contribution in [3.05, 3.63) is 59.2 Å². The van der Waals surface area contributed by atoms with E-state index in [4.69, 9.17) is 22.1 Å². The monoisotopic (exact) mass is 343 g/mol. The maximum atomic E-state index is 12.3. The Labute approximate surface area is 144 Å². The van der Waals surface area contributed by atoms with Crippen molar-refractivity contribution in [1.82, 2.24) is 4.98 Å². The summed E-state index contributed by atoms with van der Waals surface area (Å²) in [5.41, 5.74) is 8.69. The van der Waals surface area contributed by atoms with Crippen LogP contribution in [-0.2, 0) is 11.2 Å². The van der Waals surface area contributed by atoms with Gasteiger partial charge in [-0.1, -0.05) is 29.8 Å². The molecule has 1 aromatic heterocycles. The van der Waals surface area contributed by atoms with Gasteiger partial charge in [-0.15, -0.1) is 0 Å². The number of aromatic nitrogens is 1. The highest BCUT2D eigenvalue weighted by Gasteiger charge is 2.17. The van der Waals surface area contributed by atoms with E-state index in [1.165, 1.54) is 7.11 Å². The normalized spacial score (nSPS) is 12.1. The van der Waals surface area contributed by atoms with Crippen molar-refractivity contribution in [2.45, 2.75) is 12.5 Å². The molecule has 4 N–H and O–H groups in total. The summed E-state index contributed by atoms with van der Waals surface area (Å²) in [6.45, 7) is 0. The molecule has 1 amide bonds. The molecule has 0 spiro atoms. The first-order chi connectivity index (χ1) is 11.6. The smallest absolute Gasteiger partial charge is 0.241 e. The zero-order valence-corrected chi connectivity index (χ0v) is 13.9. The number of halogens is 1. The van der Waals surface area contributed by atoms with E-state index < -0.39 is 6.04 Å². The Morgan fingerprint density at radius 1 is 1.33 bits per heavy atom. The number of H-pyrrole nitrogens is 1. The van der Waals surface area contributed by atoms with Crippen LogP contribution in [0.25, 0.3) is 10.9 Å². The van der Waals surface area contributed by atoms with E-state index in [1.54, 1.807) is 18.2 Å². The van der Waals surface area contributed by atoms with Gasteiger partial charge in [-0.2, -0.15) is 0 Å². The molecule has 0 aliphatic carbocycles. The minimum atomic E-state index is -0.662. The summed E-state index contributed by atoms with van der Waals surface area (Å²) in [5.74, 6) is 0.291. The number of aromatic amines is 1. The maximum absolute atomic E-state index is 12.3. The van der Waals surface area contributed by atoms with Gasteiger partial charge in [-0.05, 0) is 36.2 Å². The largest absolute Gasteiger partial charge is 0.495 e. The van der Waals surface area contributed by atoms with E-state index in [1.807, 2.05) is 30.5 Å². The van der Waals surface area contributed by atoms with Gasteiger partial charge in [-0.3, -0.25) is 4.79 Å². The molecular weight excluding hydrogens is 326 g/mol. The number of benzene rings is 2. The van der Waals surface area contributed by atoms with Gasteiger partial charge in [0.25, 0.3) is 0 Å². The van der Waals surface area contributed by atoms with Crippen LogP contribution >= 0.6 is 11.6 Å². The number of hydrogen-bond donors (Lipinski definition) is 3. The van der Waals surface area contributed by atoms with Crippen molar-refractivity contribution in [3.8, 4) is 5.75 Å². The molecule has 0 bridgehead atoms. The number of ether oxygens (including phenoxy) is 1. The first-order valence-electron chi connectivity index (χ1n) is 7.53. The summed E-state index contributed by atoms with van der Waals surface area (Å²) >= 11 is 6.06. The minimum absolute atomic E-state index is 0.262. The number of anilines is 1. The zero-order chi connectivity index (χ0) is 17.1. The average molecular weight is 344 g/mol. The lowest BCUT2D eigenvalue weighted by Crippen LogP contribution is -2.37. The van der Waals surface area contributed by atoms with Crippen LogP contribution < -0.4 is 15.8 Å². The Balaban J connectivity index is 1.69. The number of rotatable bonds is 5. The maximum Gasteiger partial charge on any atom is 0.241 e. The van der Waals surface area contributed by atoms with Gasteiger partial charge in [0, 0.05) is 22.8 Å². The SMILES string of the molecule is COc1ccc(NC(=O)C(N)Cc2c[nH]c3ccccc23)cc1Cl. The topological polar surface area (TPSA) is 80.1 Å². The van der Waals surface area contributed by atoms with Gasteiger partial charge < -0.3 is 20.8 Å². The van der Waals surface area contributed by atoms with E-state index >= 15 is 0 Å². The predicted molar refractivity (Wildman–Crippen MR) is 96.6 cm³/mol. The number of nitrogens with one attached hydrogen (secondary N) is 2. The van der Waals surface area contributed by atoms with Crippen LogP contribution in [0.4, 0.5) is 5.69 Å². The van der Waals surface area contributed by atoms with Crippen molar-refractivity contribution >= 4 is 34.1 Å². The fourth-order valence-electron chi connectivity index (χ4n) is 2.61. The molecule has 2 aromatic carbocycles. The lowest BCUT2D eigenvalue weighted by Gasteiger charge is -2.13. The highest BCUT2D eigenvalue weighted by atomic mass is 35.5. The second-order valence-electron chi connectivity index (χ2n) is 5.51. The molecule has 3 rings (SSSR count). The first-order valence-corrected chi connectivity index (χ1v) is 7.91. The Morgan fingerprint density at radius 2 is 2.12 bits per heavy atom. The molecule has 0 fully saturated rings. The van der Waals surface area contributed by atoms with Crippen LogP contribution in [-0.4, -0.2) is 24.0 Å². The molecule has 24 heavy (non-hydrogen) atoms. The molecular formula is C18H18ClN3O2. The molecule has 1 atom stereocenters. The molecule has 5 nitrogen and oxygen atoms in total. The van der Waals surface area contributed by atoms with E-state index in [0.29, 0.717) is 22.9 Å². The minimum Gasteiger partial charge on any atom is -0.495 e. The number of carbonyl (C=O) groups excluding carboxylic acids is 1. The quantitative estimate of drug-likeness (QED) is 0.664. The van der Waals surface area contributed by atoms with Crippen LogP contribution in [0.1, 0.15) is 5.56 Å². The number of nitrogens with two attached hydrogens (primary N) is 1. The van der Waals surface area contributed by atoms with Crippen molar-refractivity contribution in [3.63, 3.8) is 0 Å². The number of methoxy groups -OCH3 is 1. The predicted octanol–water partition coefficient (Wildman–Crippen LogP) is 3.34. The summed E-state index contributed by atoms with van der Waals surface area (Å²) in [4.78, 5) is 15.5. The molecule has 0 radical (unpaired) electrons. The van der Waals surface area contributed by atoms with Crippen molar-refractivity contribution in [1.29, 1.82) is 0 Å². The Bertz CT molecular complexity index is 876. The number of carbonyl (C=O) groups is 1. The first kappa shape index (κ1) is 16.4. The van der Waals surface area contributed by atoms with Gasteiger partial charge in [0.2, 0.25) is 5.91 Å². The Morgan fingerprint density at radius 3 is 2.88 bits per heavy atom. The van der Waals surface area contributed by atoms with Gasteiger partial charge in [0.05, 0.1) is 18.2 Å². The van der Waals surface area contributed by atoms with Crippen LogP contribution in [0.3, 0.4) is 0 Å². The summed E-state index contributed by atoms with van der Waals surface area (Å²) in [7, 11) is 1.54. The second-order valence-corrected chi connectivity index (χ2v) is 5.92. The number of fused-ring (bicyclic) bond motifs is 1. The van der Waals surface area contributed by atoms with E-state index in [2.05, 4.69) is 10.3 Å². The molecule has 6 heteroatoms. The summed E-state index contributed by atoms with van der Waals surface area (Å²) < 4.78 is 5.09. The number of amides is 1. The molecule has 0 aliphatic rings. The van der Waals surface area contributed by atoms with Gasteiger partial charge in [0.1, 0.15) is 5.75 Å². The van der Waals surface area contributed by atoms with Crippen molar-refractivity contribution < 1.29 is 9.53 Å². The third kappa shape index (κ3) is 3.37. The van der Waals surface area contributed by atoms with Crippen LogP contribution in [0.15, 0.2) is 48.7 Å². The standard InChI is InChI=1S/C18H18ClN3O2/c1-24-17-7-6-12(9-14(17)19)22-18(23)15(20)8-11-10-21-16-5-3-2-4-13(11)16/h2-7,9-10,15,21H,8,20H2,1H3,(H,22,23). The lowest BCUT2D eigenvalue weighted by molar-refractivity contribution is -0.117. The fourth-order valence-corrected chi connectivity index (χ4v) is 2.87. The third-order valence-electron chi connectivity index (χ3n) is 3.87. The highest BCUT2D eigenvalue weighted by Crippen LogP contribution is 2.27. The highest BCUT2D eigenvalue weighted by molar-refractivity contribution is 6.32. The van der Waals surface area contributed by atoms with Crippen LogP contribution in [0.5, 0.6) is 5.75 Å². The van der Waals surface area contributed by atoms with Crippen molar-refractivity contribution in [2.24, 2.45) is 5.73 Å². The van der Waals surface area contributed by atoms with Crippen molar-refractivity contribution in [2.75, 3.05) is 12.4 Å². The number of hydrogen-bond acceptors (Lipinski definition) is 3. The average Bonchev–Trinajstić information content (AvgIpc) is 2.98. The van der Waals surface area contributed by atoms with Gasteiger partial charge >= 0.3 is 0 Å². The molecule has 0 saturated carbocycles. The van der Waals surface area contributed by atoms with Gasteiger partial charge in [-0.25, -0.2) is 0 Å². The Kier molecular flexibility index (Phi) is 4.74. The van der Waals surface area contributed by atoms with Gasteiger partial charge in [0.15, 0.2) is 0 Å². The van der Waals surface area contributed by atoms with E-state index in [9.17, 15) is 4.79 Å². The summed E-state index contributed by atoms with van der Waals surface area (Å²) in [6.07, 6.45) is 2.34. The van der Waals surface area contributed by atoms with E-state index in [0.717, 1.165) is 16.5 Å². The molecule has 0 saturated heterocycles. The van der Waals surface area contributed by atoms with E-state index in [-0.39, 0.29) is 5.91 Å². The molecule has 3 aromatic rings. The fraction of sp³-hybridized carbons (Fsp3) is 0.167. The third-order valence-corrected chi connectivity index (χ3v) is 4.17. The summed E-state index contributed by atoms with van der Waals surface area (Å²) in [5, 5.41) is 4.29. The van der Waals surface area contributed by atoms with Crippen LogP contribution in [0, 0.1) is 0 Å². The summed E-state index contributed by atoms with van der Waals surface area (Å²) in [6, 6.07) is 12.3. The molecule has 1 heterocycles. The van der Waals surface area contributed by atoms with Crippen LogP contribution in [0.2, 0.25) is 5.02 Å². The second kappa shape index (κ2) is 6.95. The zero-order valence-electron chi connectivity index (χ0n) is 13.2. The molecule has 0 aliphatic heterocycles.